The number of nitrogen functional groups attached to an aromatic ring is 1. The maximum absolute atomic E-state index is 14.4. The Kier molecular flexibility index (Phi) is 9.48. The molecule has 3 aromatic rings. The molecule has 2 fully saturated rings. The Labute approximate surface area is 268 Å². The molecule has 5 rings (SSSR count). The van der Waals surface area contributed by atoms with Crippen LogP contribution in [0.5, 0.6) is 0 Å². The van der Waals surface area contributed by atoms with Gasteiger partial charge in [-0.25, -0.2) is 13.4 Å². The van der Waals surface area contributed by atoms with E-state index in [1.807, 2.05) is 46.1 Å². The van der Waals surface area contributed by atoms with Crippen molar-refractivity contribution in [3.63, 3.8) is 0 Å². The molecular formula is C31H40ClN5O5S2. The normalized spacial score (nSPS) is 23.2. The zero-order valence-corrected chi connectivity index (χ0v) is 27.9. The van der Waals surface area contributed by atoms with Gasteiger partial charge in [-0.05, 0) is 70.2 Å². The lowest BCUT2D eigenvalue weighted by Crippen LogP contribution is -2.42. The summed E-state index contributed by atoms with van der Waals surface area (Å²) in [6.07, 6.45) is 2.01. The number of nitrogens with one attached hydrogen (secondary N) is 2. The molecule has 3 heterocycles. The summed E-state index contributed by atoms with van der Waals surface area (Å²) in [5.41, 5.74) is 8.22. The third kappa shape index (κ3) is 6.41. The largest absolute Gasteiger partial charge is 0.394 e. The van der Waals surface area contributed by atoms with Crippen molar-refractivity contribution in [2.75, 3.05) is 21.9 Å². The van der Waals surface area contributed by atoms with Gasteiger partial charge in [0.05, 0.1) is 39.3 Å². The van der Waals surface area contributed by atoms with E-state index in [-0.39, 0.29) is 22.5 Å². The second-order valence-electron chi connectivity index (χ2n) is 11.7. The summed E-state index contributed by atoms with van der Waals surface area (Å²) in [5, 5.41) is 8.78. The van der Waals surface area contributed by atoms with E-state index in [0.717, 1.165) is 10.4 Å². The lowest BCUT2D eigenvalue weighted by Gasteiger charge is -2.34. The second kappa shape index (κ2) is 12.8. The molecule has 238 valence electrons. The van der Waals surface area contributed by atoms with E-state index in [9.17, 15) is 13.2 Å². The number of aromatic nitrogens is 1. The molecule has 2 aliphatic rings. The van der Waals surface area contributed by atoms with Crippen molar-refractivity contribution in [3.8, 4) is 0 Å². The van der Waals surface area contributed by atoms with Gasteiger partial charge in [0, 0.05) is 24.0 Å². The number of thiophene rings is 1. The van der Waals surface area contributed by atoms with Crippen LogP contribution in [-0.4, -0.2) is 55.9 Å². The van der Waals surface area contributed by atoms with Crippen LogP contribution >= 0.6 is 22.9 Å². The number of ether oxygens (including phenoxy) is 2. The number of amides is 1. The average Bonchev–Trinajstić information content (AvgIpc) is 3.62. The number of nitrogens with two attached hydrogens (primary N) is 1. The van der Waals surface area contributed by atoms with Crippen LogP contribution in [0.2, 0.25) is 5.02 Å². The minimum absolute atomic E-state index is 0.101. The first-order chi connectivity index (χ1) is 20.9. The Balaban J connectivity index is 1.53. The summed E-state index contributed by atoms with van der Waals surface area (Å²) >= 11 is 7.95. The van der Waals surface area contributed by atoms with E-state index in [1.54, 1.807) is 36.5 Å². The fourth-order valence-electron chi connectivity index (χ4n) is 6.05. The van der Waals surface area contributed by atoms with Crippen molar-refractivity contribution in [1.82, 2.24) is 10.3 Å². The number of fused-ring (bicyclic) bond motifs is 1. The monoisotopic (exact) mass is 661 g/mol. The third-order valence-electron chi connectivity index (χ3n) is 8.17. The molecule has 2 aromatic heterocycles. The molecule has 0 spiro atoms. The van der Waals surface area contributed by atoms with Crippen molar-refractivity contribution in [2.45, 2.75) is 88.9 Å². The molecule has 1 saturated heterocycles. The van der Waals surface area contributed by atoms with Gasteiger partial charge >= 0.3 is 0 Å². The second-order valence-corrected chi connectivity index (χ2v) is 14.9. The van der Waals surface area contributed by atoms with Gasteiger partial charge in [-0.2, -0.15) is 0 Å². The number of pyridine rings is 1. The molecular weight excluding hydrogens is 622 g/mol. The standard InChI is InChI=1S/C31H40ClN5O5S2/c1-6-19(16-25-22(32)13-15-43-25)37(44(39,40)20-10-8-18(3)9-11-20)24-12-14-35-29(26(24)33)36-23-17-21(30(38)34-7-2)27-28(23)42-31(4,5)41-27/h8-15,19,21,23,27-28H,6-7,16-17,33H2,1-5H3,(H,34,38)(H,35,36)/t19?,21-,23+,27+,28-/m0/s1. The number of nitrogens with zero attached hydrogens (tertiary/aromatic N) is 2. The molecule has 1 amide bonds. The quantitative estimate of drug-likeness (QED) is 0.250. The molecule has 0 bridgehead atoms. The molecule has 1 unspecified atom stereocenters. The summed E-state index contributed by atoms with van der Waals surface area (Å²) in [6, 6.07) is 9.37. The summed E-state index contributed by atoms with van der Waals surface area (Å²) in [6.45, 7) is 9.88. The van der Waals surface area contributed by atoms with E-state index in [4.69, 9.17) is 26.8 Å². The molecule has 1 saturated carbocycles. The predicted octanol–water partition coefficient (Wildman–Crippen LogP) is 5.36. The summed E-state index contributed by atoms with van der Waals surface area (Å²) in [5.74, 6) is -1.08. The molecule has 44 heavy (non-hydrogen) atoms. The van der Waals surface area contributed by atoms with Gasteiger partial charge in [0.15, 0.2) is 11.6 Å². The first-order valence-corrected chi connectivity index (χ1v) is 17.5. The van der Waals surface area contributed by atoms with E-state index < -0.39 is 40.0 Å². The number of hydrogen-bond donors (Lipinski definition) is 3. The van der Waals surface area contributed by atoms with Gasteiger partial charge < -0.3 is 25.8 Å². The van der Waals surface area contributed by atoms with Gasteiger partial charge in [0.25, 0.3) is 10.0 Å². The number of carbonyl (C=O) groups excluding carboxylic acids is 1. The minimum Gasteiger partial charge on any atom is -0.394 e. The third-order valence-corrected chi connectivity index (χ3v) is 11.5. The molecule has 1 aliphatic heterocycles. The minimum atomic E-state index is -4.06. The Bertz CT molecular complexity index is 1600. The van der Waals surface area contributed by atoms with Crippen LogP contribution in [0.15, 0.2) is 52.9 Å². The SMILES string of the molecule is CCNC(=O)[C@H]1C[C@@H](Nc2nccc(N(C(CC)Cc3sccc3Cl)S(=O)(=O)c3ccc(C)cc3)c2N)[C@@H]2OC(C)(C)O[C@@H]21. The summed E-state index contributed by atoms with van der Waals surface area (Å²) < 4.78 is 42.6. The Morgan fingerprint density at radius 3 is 2.52 bits per heavy atom. The molecule has 0 radical (unpaired) electrons. The van der Waals surface area contributed by atoms with Crippen molar-refractivity contribution in [3.05, 3.63) is 63.4 Å². The maximum Gasteiger partial charge on any atom is 0.264 e. The summed E-state index contributed by atoms with van der Waals surface area (Å²) in [7, 11) is -4.06. The van der Waals surface area contributed by atoms with E-state index in [1.165, 1.54) is 15.6 Å². The fourth-order valence-corrected chi connectivity index (χ4v) is 8.98. The average molecular weight is 662 g/mol. The first kappa shape index (κ1) is 32.5. The number of sulfonamides is 1. The fraction of sp³-hybridized carbons (Fsp3) is 0.484. The highest BCUT2D eigenvalue weighted by molar-refractivity contribution is 7.92. The first-order valence-electron chi connectivity index (χ1n) is 14.8. The van der Waals surface area contributed by atoms with Crippen molar-refractivity contribution in [1.29, 1.82) is 0 Å². The zero-order chi connectivity index (χ0) is 31.8. The van der Waals surface area contributed by atoms with Gasteiger partial charge in [-0.15, -0.1) is 11.3 Å². The number of carbonyl (C=O) groups is 1. The Hall–Kier alpha value is -2.90. The van der Waals surface area contributed by atoms with Crippen LogP contribution in [0.3, 0.4) is 0 Å². The van der Waals surface area contributed by atoms with Crippen LogP contribution in [0.1, 0.15) is 51.0 Å². The van der Waals surface area contributed by atoms with E-state index >= 15 is 0 Å². The molecule has 10 nitrogen and oxygen atoms in total. The van der Waals surface area contributed by atoms with Gasteiger partial charge in [-0.3, -0.25) is 9.10 Å². The Morgan fingerprint density at radius 1 is 1.18 bits per heavy atom. The maximum atomic E-state index is 14.4. The predicted molar refractivity (Wildman–Crippen MR) is 175 cm³/mol. The van der Waals surface area contributed by atoms with Gasteiger partial charge in [0.1, 0.15) is 12.2 Å². The number of benzene rings is 1. The smallest absolute Gasteiger partial charge is 0.264 e. The van der Waals surface area contributed by atoms with E-state index in [2.05, 4.69) is 15.6 Å². The van der Waals surface area contributed by atoms with Gasteiger partial charge in [-0.1, -0.05) is 36.2 Å². The van der Waals surface area contributed by atoms with Crippen LogP contribution in [0.25, 0.3) is 0 Å². The number of rotatable bonds is 11. The van der Waals surface area contributed by atoms with Gasteiger partial charge in [0.2, 0.25) is 5.91 Å². The number of halogens is 1. The van der Waals surface area contributed by atoms with Crippen molar-refractivity contribution < 1.29 is 22.7 Å². The zero-order valence-electron chi connectivity index (χ0n) is 25.5. The van der Waals surface area contributed by atoms with Crippen molar-refractivity contribution in [2.24, 2.45) is 5.92 Å². The van der Waals surface area contributed by atoms with Crippen molar-refractivity contribution >= 4 is 56.1 Å². The van der Waals surface area contributed by atoms with Crippen LogP contribution in [0, 0.1) is 12.8 Å². The molecule has 13 heteroatoms. The topological polar surface area (TPSA) is 136 Å². The Morgan fingerprint density at radius 2 is 1.89 bits per heavy atom. The molecule has 4 N–H and O–H groups in total. The lowest BCUT2D eigenvalue weighted by atomic mass is 10.0. The highest BCUT2D eigenvalue weighted by Gasteiger charge is 2.56. The van der Waals surface area contributed by atoms with Crippen LogP contribution in [0.4, 0.5) is 17.2 Å². The molecule has 5 atom stereocenters. The highest BCUT2D eigenvalue weighted by atomic mass is 35.5. The number of anilines is 3. The molecule has 1 aliphatic carbocycles. The highest BCUT2D eigenvalue weighted by Crippen LogP contribution is 2.44. The van der Waals surface area contributed by atoms with E-state index in [0.29, 0.717) is 42.3 Å². The van der Waals surface area contributed by atoms with Crippen LogP contribution < -0.4 is 20.7 Å². The summed E-state index contributed by atoms with van der Waals surface area (Å²) in [4.78, 5) is 18.5. The van der Waals surface area contributed by atoms with Crippen LogP contribution in [-0.2, 0) is 30.7 Å². The lowest BCUT2D eigenvalue weighted by molar-refractivity contribution is -0.160. The number of aryl methyl sites for hydroxylation is 1. The number of hydrogen-bond acceptors (Lipinski definition) is 9. The molecule has 1 aromatic carbocycles.